The van der Waals surface area contributed by atoms with Crippen molar-refractivity contribution in [2.75, 3.05) is 0 Å². The molecule has 9 rings (SSSR count). The molecule has 0 atom stereocenters. The van der Waals surface area contributed by atoms with Gasteiger partial charge in [0.2, 0.25) is 5.89 Å². The largest absolute Gasteiger partial charge is 0.435 e. The SMILES string of the molecule is c1ccc(-c2cccc(-c3cccc(-c4nc(-c5ccccc5)nc(-c5cccc6ccc7nc(-c8ccccc8)oc7c56)n4)c3)c2)cc1. The maximum Gasteiger partial charge on any atom is 0.227 e. The lowest BCUT2D eigenvalue weighted by molar-refractivity contribution is 0.623. The van der Waals surface area contributed by atoms with Crippen LogP contribution in [0.3, 0.4) is 0 Å². The highest BCUT2D eigenvalue weighted by atomic mass is 16.3. The maximum atomic E-state index is 6.48. The molecule has 0 unspecified atom stereocenters. The van der Waals surface area contributed by atoms with Crippen molar-refractivity contribution < 1.29 is 4.42 Å². The zero-order valence-electron chi connectivity index (χ0n) is 26.4. The summed E-state index contributed by atoms with van der Waals surface area (Å²) in [6.07, 6.45) is 0. The first-order valence-electron chi connectivity index (χ1n) is 16.2. The van der Waals surface area contributed by atoms with Crippen molar-refractivity contribution >= 4 is 21.9 Å². The zero-order chi connectivity index (χ0) is 32.6. The van der Waals surface area contributed by atoms with Crippen LogP contribution in [0.2, 0.25) is 0 Å². The predicted octanol–water partition coefficient (Wildman–Crippen LogP) is 11.2. The maximum absolute atomic E-state index is 6.48. The molecule has 0 spiro atoms. The van der Waals surface area contributed by atoms with E-state index in [-0.39, 0.29) is 0 Å². The van der Waals surface area contributed by atoms with Crippen molar-refractivity contribution in [2.24, 2.45) is 0 Å². The minimum absolute atomic E-state index is 0.566. The van der Waals surface area contributed by atoms with Crippen LogP contribution in [0.4, 0.5) is 0 Å². The van der Waals surface area contributed by atoms with Gasteiger partial charge in [-0.15, -0.1) is 0 Å². The van der Waals surface area contributed by atoms with Gasteiger partial charge in [-0.3, -0.25) is 0 Å². The zero-order valence-corrected chi connectivity index (χ0v) is 26.4. The van der Waals surface area contributed by atoms with Gasteiger partial charge in [-0.25, -0.2) is 19.9 Å². The molecular weight excluding hydrogens is 601 g/mol. The second kappa shape index (κ2) is 12.1. The third-order valence-electron chi connectivity index (χ3n) is 8.75. The molecule has 49 heavy (non-hydrogen) atoms. The lowest BCUT2D eigenvalue weighted by Crippen LogP contribution is -2.00. The summed E-state index contributed by atoms with van der Waals surface area (Å²) in [6.45, 7) is 0. The Hall–Kier alpha value is -6.72. The highest BCUT2D eigenvalue weighted by Crippen LogP contribution is 2.37. The summed E-state index contributed by atoms with van der Waals surface area (Å²) in [5.41, 5.74) is 9.63. The Morgan fingerprint density at radius 3 is 1.55 bits per heavy atom. The van der Waals surface area contributed by atoms with Crippen molar-refractivity contribution in [1.29, 1.82) is 0 Å². The Kier molecular flexibility index (Phi) is 7.06. The topological polar surface area (TPSA) is 64.7 Å². The molecule has 7 aromatic carbocycles. The first-order valence-corrected chi connectivity index (χ1v) is 16.2. The summed E-state index contributed by atoms with van der Waals surface area (Å²) in [7, 11) is 0. The van der Waals surface area contributed by atoms with Gasteiger partial charge in [0.15, 0.2) is 23.1 Å². The summed E-state index contributed by atoms with van der Waals surface area (Å²) in [5.74, 6) is 2.34. The lowest BCUT2D eigenvalue weighted by atomic mass is 9.98. The van der Waals surface area contributed by atoms with Crippen molar-refractivity contribution in [1.82, 2.24) is 19.9 Å². The second-order valence-corrected chi connectivity index (χ2v) is 11.9. The van der Waals surface area contributed by atoms with Crippen LogP contribution in [0, 0.1) is 0 Å². The van der Waals surface area contributed by atoms with E-state index in [2.05, 4.69) is 84.9 Å². The minimum Gasteiger partial charge on any atom is -0.435 e. The van der Waals surface area contributed by atoms with Gasteiger partial charge in [-0.2, -0.15) is 0 Å². The predicted molar refractivity (Wildman–Crippen MR) is 198 cm³/mol. The van der Waals surface area contributed by atoms with E-state index in [4.69, 9.17) is 24.4 Å². The number of rotatable bonds is 6. The molecule has 0 aliphatic carbocycles. The normalized spacial score (nSPS) is 11.3. The first kappa shape index (κ1) is 28.5. The molecule has 2 aromatic heterocycles. The Morgan fingerprint density at radius 2 is 0.857 bits per heavy atom. The first-order chi connectivity index (χ1) is 24.3. The number of nitrogens with zero attached hydrogens (tertiary/aromatic N) is 4. The number of hydrogen-bond acceptors (Lipinski definition) is 5. The molecular formula is C44H28N4O. The summed E-state index contributed by atoms with van der Waals surface area (Å²) in [5, 5.41) is 1.93. The number of aromatic nitrogens is 4. The van der Waals surface area contributed by atoms with Gasteiger partial charge in [0.05, 0.1) is 0 Å². The van der Waals surface area contributed by atoms with Gasteiger partial charge in [-0.05, 0) is 58.0 Å². The molecule has 0 N–H and O–H groups in total. The fourth-order valence-electron chi connectivity index (χ4n) is 6.33. The third kappa shape index (κ3) is 5.43. The molecule has 5 heteroatoms. The van der Waals surface area contributed by atoms with Crippen LogP contribution in [0.1, 0.15) is 0 Å². The van der Waals surface area contributed by atoms with E-state index in [9.17, 15) is 0 Å². The Bertz CT molecular complexity index is 2600. The van der Waals surface area contributed by atoms with Gasteiger partial charge in [0.1, 0.15) is 5.52 Å². The van der Waals surface area contributed by atoms with Crippen molar-refractivity contribution in [3.05, 3.63) is 170 Å². The summed E-state index contributed by atoms with van der Waals surface area (Å²) in [4.78, 5) is 20.1. The van der Waals surface area contributed by atoms with Crippen LogP contribution in [-0.4, -0.2) is 19.9 Å². The Balaban J connectivity index is 1.21. The quantitative estimate of drug-likeness (QED) is 0.183. The Morgan fingerprint density at radius 1 is 0.347 bits per heavy atom. The van der Waals surface area contributed by atoms with Gasteiger partial charge in [0.25, 0.3) is 0 Å². The molecule has 0 amide bonds. The Labute approximate surface area is 283 Å². The molecule has 0 saturated heterocycles. The van der Waals surface area contributed by atoms with Crippen molar-refractivity contribution in [3.8, 4) is 67.9 Å². The number of oxazole rings is 1. The molecule has 0 radical (unpaired) electrons. The molecule has 0 fully saturated rings. The van der Waals surface area contributed by atoms with Gasteiger partial charge in [0, 0.05) is 27.6 Å². The van der Waals surface area contributed by atoms with Crippen LogP contribution in [0.5, 0.6) is 0 Å². The molecule has 9 aromatic rings. The standard InChI is InChI=1S/C44H28N4O/c1-4-13-29(14-5-1)33-20-10-21-34(27-33)35-22-11-23-36(28-35)42-46-41(31-15-6-2-7-16-31)47-43(48-42)37-24-12-19-30-25-26-38-40(39(30)37)49-44(45-38)32-17-8-3-9-18-32/h1-28H. The van der Waals surface area contributed by atoms with E-state index in [0.29, 0.717) is 28.9 Å². The van der Waals surface area contributed by atoms with Gasteiger partial charge < -0.3 is 4.42 Å². The van der Waals surface area contributed by atoms with Gasteiger partial charge in [-0.1, -0.05) is 140 Å². The van der Waals surface area contributed by atoms with E-state index in [1.807, 2.05) is 84.9 Å². The number of hydrogen-bond donors (Lipinski definition) is 0. The summed E-state index contributed by atoms with van der Waals surface area (Å²) in [6, 6.07) is 57.7. The average molecular weight is 629 g/mol. The third-order valence-corrected chi connectivity index (χ3v) is 8.75. The molecule has 230 valence electrons. The minimum atomic E-state index is 0.566. The highest BCUT2D eigenvalue weighted by molar-refractivity contribution is 6.10. The van der Waals surface area contributed by atoms with Gasteiger partial charge >= 0.3 is 0 Å². The molecule has 0 bridgehead atoms. The van der Waals surface area contributed by atoms with Crippen LogP contribution in [0.25, 0.3) is 89.7 Å². The fraction of sp³-hybridized carbons (Fsp3) is 0. The van der Waals surface area contributed by atoms with E-state index in [1.54, 1.807) is 0 Å². The average Bonchev–Trinajstić information content (AvgIpc) is 3.64. The van der Waals surface area contributed by atoms with Crippen LogP contribution < -0.4 is 0 Å². The summed E-state index contributed by atoms with van der Waals surface area (Å²) < 4.78 is 6.48. The van der Waals surface area contributed by atoms with E-state index >= 15 is 0 Å². The molecule has 5 nitrogen and oxygen atoms in total. The molecule has 0 aliphatic heterocycles. The van der Waals surface area contributed by atoms with E-state index in [1.165, 1.54) is 11.1 Å². The molecule has 0 aliphatic rings. The molecule has 2 heterocycles. The molecule has 0 saturated carbocycles. The van der Waals surface area contributed by atoms with Crippen molar-refractivity contribution in [2.45, 2.75) is 0 Å². The second-order valence-electron chi connectivity index (χ2n) is 11.9. The van der Waals surface area contributed by atoms with E-state index < -0.39 is 0 Å². The van der Waals surface area contributed by atoms with Crippen LogP contribution in [-0.2, 0) is 0 Å². The number of fused-ring (bicyclic) bond motifs is 3. The lowest BCUT2D eigenvalue weighted by Gasteiger charge is -2.11. The number of benzene rings is 7. The highest BCUT2D eigenvalue weighted by Gasteiger charge is 2.19. The summed E-state index contributed by atoms with van der Waals surface area (Å²) >= 11 is 0. The smallest absolute Gasteiger partial charge is 0.227 e. The van der Waals surface area contributed by atoms with E-state index in [0.717, 1.165) is 49.7 Å². The van der Waals surface area contributed by atoms with Crippen LogP contribution in [0.15, 0.2) is 174 Å². The van der Waals surface area contributed by atoms with Crippen molar-refractivity contribution in [3.63, 3.8) is 0 Å². The fourth-order valence-corrected chi connectivity index (χ4v) is 6.33. The monoisotopic (exact) mass is 628 g/mol. The van der Waals surface area contributed by atoms with Crippen LogP contribution >= 0.6 is 0 Å².